The summed E-state index contributed by atoms with van der Waals surface area (Å²) in [6, 6.07) is 8.83. The summed E-state index contributed by atoms with van der Waals surface area (Å²) in [5.41, 5.74) is 0.676. The van der Waals surface area contributed by atoms with E-state index >= 15 is 0 Å². The number of amides is 1. The number of rotatable bonds is 4. The minimum Gasteiger partial charge on any atom is -0.465 e. The molecule has 1 saturated heterocycles. The number of benzene rings is 1. The first-order valence-corrected chi connectivity index (χ1v) is 7.97. The topological polar surface area (TPSA) is 83.9 Å². The molecule has 0 bridgehead atoms. The predicted molar refractivity (Wildman–Crippen MR) is 72.8 cm³/mol. The highest BCUT2D eigenvalue weighted by Crippen LogP contribution is 2.18. The average Bonchev–Trinajstić information content (AvgIpc) is 2.39. The van der Waals surface area contributed by atoms with Crippen LogP contribution in [0, 0.1) is 0 Å². The Labute approximate surface area is 118 Å². The average molecular weight is 299 g/mol. The maximum Gasteiger partial charge on any atom is 0.407 e. The molecule has 1 aromatic carbocycles. The largest absolute Gasteiger partial charge is 0.465 e. The summed E-state index contributed by atoms with van der Waals surface area (Å²) in [6.45, 7) is 0.613. The van der Waals surface area contributed by atoms with Crippen molar-refractivity contribution in [1.29, 1.82) is 0 Å². The molecule has 7 heteroatoms. The minimum absolute atomic E-state index is 0.160. The van der Waals surface area contributed by atoms with Gasteiger partial charge in [-0.3, -0.25) is 4.18 Å². The van der Waals surface area contributed by atoms with Gasteiger partial charge in [-0.25, -0.2) is 4.79 Å². The molecule has 2 rings (SSSR count). The summed E-state index contributed by atoms with van der Waals surface area (Å²) in [6.07, 6.45) is -0.601. The van der Waals surface area contributed by atoms with Crippen LogP contribution < -0.4 is 0 Å². The Balaban J connectivity index is 1.88. The highest BCUT2D eigenvalue weighted by Gasteiger charge is 2.26. The first kappa shape index (κ1) is 14.8. The number of likely N-dealkylation sites (tertiary alicyclic amines) is 1. The summed E-state index contributed by atoms with van der Waals surface area (Å²) >= 11 is 0. The van der Waals surface area contributed by atoms with Gasteiger partial charge in [-0.15, -0.1) is 0 Å². The van der Waals surface area contributed by atoms with Crippen LogP contribution in [0.15, 0.2) is 30.3 Å². The van der Waals surface area contributed by atoms with Gasteiger partial charge in [-0.2, -0.15) is 8.42 Å². The first-order chi connectivity index (χ1) is 9.46. The fourth-order valence-electron chi connectivity index (χ4n) is 2.16. The zero-order valence-electron chi connectivity index (χ0n) is 10.9. The Morgan fingerprint density at radius 2 is 1.85 bits per heavy atom. The zero-order chi connectivity index (χ0) is 14.6. The van der Waals surface area contributed by atoms with Gasteiger partial charge in [0.2, 0.25) is 0 Å². The molecule has 1 heterocycles. The summed E-state index contributed by atoms with van der Waals surface area (Å²) in [5.74, 6) is -0.160. The molecule has 6 nitrogen and oxygen atoms in total. The van der Waals surface area contributed by atoms with Crippen molar-refractivity contribution in [2.45, 2.75) is 24.7 Å². The molecule has 0 radical (unpaired) electrons. The smallest absolute Gasteiger partial charge is 0.407 e. The van der Waals surface area contributed by atoms with E-state index in [0.29, 0.717) is 31.5 Å². The monoisotopic (exact) mass is 299 g/mol. The van der Waals surface area contributed by atoms with Crippen LogP contribution in [-0.4, -0.2) is 43.7 Å². The molecule has 0 aliphatic carbocycles. The van der Waals surface area contributed by atoms with Gasteiger partial charge < -0.3 is 10.0 Å². The third kappa shape index (κ3) is 4.21. The van der Waals surface area contributed by atoms with Crippen LogP contribution in [0.5, 0.6) is 0 Å². The van der Waals surface area contributed by atoms with Crippen LogP contribution in [-0.2, 0) is 20.1 Å². The van der Waals surface area contributed by atoms with Crippen LogP contribution >= 0.6 is 0 Å². The second-order valence-corrected chi connectivity index (χ2v) is 6.35. The molecule has 1 N–H and O–H groups in total. The van der Waals surface area contributed by atoms with Gasteiger partial charge in [0.15, 0.2) is 0 Å². The van der Waals surface area contributed by atoms with E-state index < -0.39 is 22.3 Å². The summed E-state index contributed by atoms with van der Waals surface area (Å²) < 4.78 is 29.0. The molecule has 20 heavy (non-hydrogen) atoms. The molecule has 0 aromatic heterocycles. The van der Waals surface area contributed by atoms with E-state index in [1.54, 1.807) is 24.3 Å². The molecule has 1 aromatic rings. The van der Waals surface area contributed by atoms with Crippen molar-refractivity contribution < 1.29 is 22.5 Å². The third-order valence-electron chi connectivity index (χ3n) is 3.18. The molecular formula is C13H17NO5S. The van der Waals surface area contributed by atoms with E-state index in [4.69, 9.17) is 9.29 Å². The normalized spacial score (nSPS) is 17.1. The summed E-state index contributed by atoms with van der Waals surface area (Å²) in [5, 5.41) is 8.82. The second kappa shape index (κ2) is 6.23. The van der Waals surface area contributed by atoms with E-state index in [0.717, 1.165) is 0 Å². The minimum atomic E-state index is -3.64. The molecule has 0 atom stereocenters. The van der Waals surface area contributed by atoms with Crippen LogP contribution in [0.3, 0.4) is 0 Å². The standard InChI is InChI=1S/C13H17NO5S/c15-13(16)14-8-6-12(7-9-14)19-20(17,18)10-11-4-2-1-3-5-11/h1-5,12H,6-10H2,(H,15,16). The lowest BCUT2D eigenvalue weighted by Gasteiger charge is -2.29. The fourth-order valence-corrected chi connectivity index (χ4v) is 3.44. The van der Waals surface area contributed by atoms with Gasteiger partial charge in [0.05, 0.1) is 6.10 Å². The number of carbonyl (C=O) groups is 1. The highest BCUT2D eigenvalue weighted by atomic mass is 32.2. The van der Waals surface area contributed by atoms with E-state index in [1.807, 2.05) is 6.07 Å². The third-order valence-corrected chi connectivity index (χ3v) is 4.43. The Hall–Kier alpha value is -1.60. The second-order valence-electron chi connectivity index (χ2n) is 4.75. The molecular weight excluding hydrogens is 282 g/mol. The molecule has 1 amide bonds. The van der Waals surface area contributed by atoms with Gasteiger partial charge in [0.25, 0.3) is 10.1 Å². The Morgan fingerprint density at radius 1 is 1.25 bits per heavy atom. The maximum absolute atomic E-state index is 11.9. The van der Waals surface area contributed by atoms with Crippen molar-refractivity contribution in [1.82, 2.24) is 4.90 Å². The zero-order valence-corrected chi connectivity index (χ0v) is 11.8. The van der Waals surface area contributed by atoms with Crippen LogP contribution in [0.25, 0.3) is 0 Å². The summed E-state index contributed by atoms with van der Waals surface area (Å²) in [4.78, 5) is 12.0. The molecule has 0 unspecified atom stereocenters. The van der Waals surface area contributed by atoms with E-state index in [2.05, 4.69) is 0 Å². The van der Waals surface area contributed by atoms with Crippen molar-refractivity contribution in [3.8, 4) is 0 Å². The molecule has 110 valence electrons. The molecule has 0 spiro atoms. The van der Waals surface area contributed by atoms with Gasteiger partial charge in [-0.05, 0) is 18.4 Å². The quantitative estimate of drug-likeness (QED) is 0.855. The van der Waals surface area contributed by atoms with Crippen molar-refractivity contribution in [3.05, 3.63) is 35.9 Å². The molecule has 1 aliphatic heterocycles. The van der Waals surface area contributed by atoms with Crippen LogP contribution in [0.1, 0.15) is 18.4 Å². The Morgan fingerprint density at radius 3 is 2.40 bits per heavy atom. The number of hydrogen-bond acceptors (Lipinski definition) is 4. The lowest BCUT2D eigenvalue weighted by molar-refractivity contribution is 0.0927. The number of piperidine rings is 1. The summed E-state index contributed by atoms with van der Waals surface area (Å²) in [7, 11) is -3.64. The van der Waals surface area contributed by atoms with Crippen molar-refractivity contribution >= 4 is 16.2 Å². The van der Waals surface area contributed by atoms with Crippen LogP contribution in [0.2, 0.25) is 0 Å². The van der Waals surface area contributed by atoms with Crippen molar-refractivity contribution in [2.75, 3.05) is 13.1 Å². The number of hydrogen-bond donors (Lipinski definition) is 1. The molecule has 1 aliphatic rings. The van der Waals surface area contributed by atoms with Crippen LogP contribution in [0.4, 0.5) is 4.79 Å². The van der Waals surface area contributed by atoms with Gasteiger partial charge in [0.1, 0.15) is 5.75 Å². The SMILES string of the molecule is O=C(O)N1CCC(OS(=O)(=O)Cc2ccccc2)CC1. The van der Waals surface area contributed by atoms with E-state index in [9.17, 15) is 13.2 Å². The number of carboxylic acid groups (broad SMARTS) is 1. The molecule has 1 fully saturated rings. The fraction of sp³-hybridized carbons (Fsp3) is 0.462. The van der Waals surface area contributed by atoms with Gasteiger partial charge >= 0.3 is 6.09 Å². The highest BCUT2D eigenvalue weighted by molar-refractivity contribution is 7.85. The Kier molecular flexibility index (Phi) is 4.61. The maximum atomic E-state index is 11.9. The first-order valence-electron chi connectivity index (χ1n) is 6.39. The van der Waals surface area contributed by atoms with Gasteiger partial charge in [0, 0.05) is 13.1 Å². The van der Waals surface area contributed by atoms with Gasteiger partial charge in [-0.1, -0.05) is 30.3 Å². The van der Waals surface area contributed by atoms with E-state index in [-0.39, 0.29) is 5.75 Å². The number of nitrogens with zero attached hydrogens (tertiary/aromatic N) is 1. The Bertz CT molecular complexity index is 549. The van der Waals surface area contributed by atoms with Crippen molar-refractivity contribution in [2.24, 2.45) is 0 Å². The predicted octanol–water partition coefficient (Wildman–Crippen LogP) is 1.68. The van der Waals surface area contributed by atoms with Crippen molar-refractivity contribution in [3.63, 3.8) is 0 Å². The lowest BCUT2D eigenvalue weighted by atomic mass is 10.1. The molecule has 0 saturated carbocycles. The lowest BCUT2D eigenvalue weighted by Crippen LogP contribution is -2.40. The van der Waals surface area contributed by atoms with E-state index in [1.165, 1.54) is 4.90 Å².